The molecule has 2 aromatic carbocycles. The smallest absolute Gasteiger partial charge is 0.214 e. The van der Waals surface area contributed by atoms with Gasteiger partial charge in [0.05, 0.1) is 28.8 Å². The molecule has 4 rings (SSSR count). The second kappa shape index (κ2) is 8.58. The standard InChI is InChI=1S/C23H18F3N5O2/c1-12(4-3-7-33-22-15(24)5-2-6-16(22)25)31-23(28)14(11-29-31)21(32)20-9-13-8-17(26)18(27)10-19(13)30-20/h2-6,8-11,30H,1,7,27-28H2/b4-3-. The Labute approximate surface area is 185 Å². The molecule has 2 aromatic heterocycles. The molecule has 33 heavy (non-hydrogen) atoms. The molecule has 0 aliphatic rings. The molecule has 0 saturated carbocycles. The molecule has 0 spiro atoms. The number of benzene rings is 2. The Balaban J connectivity index is 1.48. The van der Waals surface area contributed by atoms with E-state index in [1.165, 1.54) is 47.3 Å². The number of para-hydroxylation sites is 1. The van der Waals surface area contributed by atoms with Crippen molar-refractivity contribution in [3.05, 3.63) is 90.0 Å². The number of rotatable bonds is 7. The summed E-state index contributed by atoms with van der Waals surface area (Å²) in [5, 5.41) is 4.56. The number of carbonyl (C=O) groups excluding carboxylic acids is 1. The first-order chi connectivity index (χ1) is 15.8. The number of ether oxygens (including phenoxy) is 1. The Kier molecular flexibility index (Phi) is 5.65. The van der Waals surface area contributed by atoms with Crippen LogP contribution in [0.25, 0.3) is 16.6 Å². The van der Waals surface area contributed by atoms with E-state index in [1.54, 1.807) is 0 Å². The van der Waals surface area contributed by atoms with Crippen LogP contribution >= 0.6 is 0 Å². The van der Waals surface area contributed by atoms with E-state index in [1.807, 2.05) is 0 Å². The van der Waals surface area contributed by atoms with Gasteiger partial charge in [0, 0.05) is 10.9 Å². The predicted molar refractivity (Wildman–Crippen MR) is 119 cm³/mol. The third kappa shape index (κ3) is 4.18. The number of hydrogen-bond donors (Lipinski definition) is 3. The highest BCUT2D eigenvalue weighted by molar-refractivity contribution is 6.12. The molecule has 168 valence electrons. The van der Waals surface area contributed by atoms with Gasteiger partial charge in [-0.1, -0.05) is 12.6 Å². The third-order valence-corrected chi connectivity index (χ3v) is 4.86. The fourth-order valence-corrected chi connectivity index (χ4v) is 3.21. The first-order valence-corrected chi connectivity index (χ1v) is 9.65. The lowest BCUT2D eigenvalue weighted by molar-refractivity contribution is 0.103. The zero-order valence-corrected chi connectivity index (χ0v) is 17.1. The summed E-state index contributed by atoms with van der Waals surface area (Å²) in [6, 6.07) is 7.52. The molecule has 0 aliphatic heterocycles. The van der Waals surface area contributed by atoms with Crippen LogP contribution in [0.1, 0.15) is 16.1 Å². The molecule has 0 amide bonds. The van der Waals surface area contributed by atoms with E-state index in [0.717, 1.165) is 12.1 Å². The lowest BCUT2D eigenvalue weighted by atomic mass is 10.1. The maximum absolute atomic E-state index is 13.7. The van der Waals surface area contributed by atoms with E-state index in [4.69, 9.17) is 16.2 Å². The summed E-state index contributed by atoms with van der Waals surface area (Å²) in [7, 11) is 0. The van der Waals surface area contributed by atoms with Gasteiger partial charge in [-0.3, -0.25) is 4.79 Å². The van der Waals surface area contributed by atoms with Crippen LogP contribution in [-0.2, 0) is 0 Å². The molecule has 0 fully saturated rings. The molecule has 4 aromatic rings. The fourth-order valence-electron chi connectivity index (χ4n) is 3.21. The molecular formula is C23H18F3N5O2. The highest BCUT2D eigenvalue weighted by Crippen LogP contribution is 2.25. The van der Waals surface area contributed by atoms with Crippen molar-refractivity contribution in [3.63, 3.8) is 0 Å². The monoisotopic (exact) mass is 453 g/mol. The number of fused-ring (bicyclic) bond motifs is 1. The zero-order valence-electron chi connectivity index (χ0n) is 17.1. The number of nitrogens with one attached hydrogen (secondary N) is 1. The number of ketones is 1. The highest BCUT2D eigenvalue weighted by atomic mass is 19.1. The van der Waals surface area contributed by atoms with Crippen LogP contribution < -0.4 is 16.2 Å². The molecular weight excluding hydrogens is 435 g/mol. The van der Waals surface area contributed by atoms with Crippen LogP contribution in [0.2, 0.25) is 0 Å². The van der Waals surface area contributed by atoms with E-state index in [9.17, 15) is 18.0 Å². The summed E-state index contributed by atoms with van der Waals surface area (Å²) in [5.41, 5.74) is 12.7. The number of aromatic amines is 1. The summed E-state index contributed by atoms with van der Waals surface area (Å²) in [6.07, 6.45) is 4.22. The maximum atomic E-state index is 13.7. The number of aromatic nitrogens is 3. The van der Waals surface area contributed by atoms with Crippen molar-refractivity contribution in [2.24, 2.45) is 0 Å². The van der Waals surface area contributed by atoms with Gasteiger partial charge >= 0.3 is 0 Å². The molecule has 0 bridgehead atoms. The van der Waals surface area contributed by atoms with Gasteiger partial charge in [0.25, 0.3) is 0 Å². The molecule has 0 saturated heterocycles. The lowest BCUT2D eigenvalue weighted by Crippen LogP contribution is -2.07. The van der Waals surface area contributed by atoms with Gasteiger partial charge in [0.15, 0.2) is 17.4 Å². The van der Waals surface area contributed by atoms with Gasteiger partial charge in [-0.05, 0) is 42.5 Å². The molecule has 2 heterocycles. The van der Waals surface area contributed by atoms with E-state index in [-0.39, 0.29) is 35.1 Å². The van der Waals surface area contributed by atoms with Crippen LogP contribution in [-0.4, -0.2) is 27.2 Å². The molecule has 5 N–H and O–H groups in total. The summed E-state index contributed by atoms with van der Waals surface area (Å²) < 4.78 is 47.2. The van der Waals surface area contributed by atoms with Gasteiger partial charge in [-0.15, -0.1) is 0 Å². The molecule has 10 heteroatoms. The largest absolute Gasteiger partial charge is 0.483 e. The summed E-state index contributed by atoms with van der Waals surface area (Å²) in [4.78, 5) is 15.8. The van der Waals surface area contributed by atoms with Gasteiger partial charge in [0.2, 0.25) is 5.78 Å². The summed E-state index contributed by atoms with van der Waals surface area (Å²) >= 11 is 0. The van der Waals surface area contributed by atoms with Gasteiger partial charge in [-0.2, -0.15) is 5.10 Å². The van der Waals surface area contributed by atoms with Crippen LogP contribution in [0.4, 0.5) is 24.7 Å². The molecule has 0 aliphatic carbocycles. The summed E-state index contributed by atoms with van der Waals surface area (Å²) in [5.74, 6) is -3.13. The number of allylic oxidation sites excluding steroid dienone is 2. The van der Waals surface area contributed by atoms with Gasteiger partial charge < -0.3 is 21.2 Å². The number of carbonyl (C=O) groups is 1. The quantitative estimate of drug-likeness (QED) is 0.220. The minimum absolute atomic E-state index is 0.0278. The Morgan fingerprint density at radius 3 is 2.61 bits per heavy atom. The SMILES string of the molecule is C=C(/C=C\COc1c(F)cccc1F)n1ncc(C(=O)c2cc3cc(F)c(N)cc3[nH]2)c1N. The summed E-state index contributed by atoms with van der Waals surface area (Å²) in [6.45, 7) is 3.68. The number of nitrogen functional groups attached to an aromatic ring is 2. The third-order valence-electron chi connectivity index (χ3n) is 4.86. The average Bonchev–Trinajstić information content (AvgIpc) is 3.36. The Bertz CT molecular complexity index is 1360. The van der Waals surface area contributed by atoms with E-state index in [0.29, 0.717) is 10.9 Å². The number of nitrogens with zero attached hydrogens (tertiary/aromatic N) is 2. The average molecular weight is 453 g/mol. The lowest BCUT2D eigenvalue weighted by Gasteiger charge is -2.06. The molecule has 0 unspecified atom stereocenters. The van der Waals surface area contributed by atoms with Crippen molar-refractivity contribution in [2.45, 2.75) is 0 Å². The number of H-pyrrole nitrogens is 1. The van der Waals surface area contributed by atoms with Crippen LogP contribution in [0.3, 0.4) is 0 Å². The Hall–Kier alpha value is -4.47. The minimum atomic E-state index is -0.816. The van der Waals surface area contributed by atoms with Crippen LogP contribution in [0, 0.1) is 17.5 Å². The Morgan fingerprint density at radius 1 is 1.15 bits per heavy atom. The topological polar surface area (TPSA) is 112 Å². The first-order valence-electron chi connectivity index (χ1n) is 9.65. The Morgan fingerprint density at radius 2 is 1.88 bits per heavy atom. The van der Waals surface area contributed by atoms with Crippen molar-refractivity contribution in [1.29, 1.82) is 0 Å². The van der Waals surface area contributed by atoms with Crippen molar-refractivity contribution < 1.29 is 22.7 Å². The predicted octanol–water partition coefficient (Wildman–Crippen LogP) is 4.28. The molecule has 0 radical (unpaired) electrons. The maximum Gasteiger partial charge on any atom is 0.214 e. The minimum Gasteiger partial charge on any atom is -0.483 e. The second-order valence-corrected chi connectivity index (χ2v) is 7.08. The number of halogens is 3. The zero-order chi connectivity index (χ0) is 23.7. The van der Waals surface area contributed by atoms with Crippen molar-refractivity contribution >= 4 is 33.9 Å². The second-order valence-electron chi connectivity index (χ2n) is 7.08. The number of nitrogens with two attached hydrogens (primary N) is 2. The highest BCUT2D eigenvalue weighted by Gasteiger charge is 2.20. The van der Waals surface area contributed by atoms with Crippen LogP contribution in [0.5, 0.6) is 5.75 Å². The van der Waals surface area contributed by atoms with Crippen molar-refractivity contribution in [3.8, 4) is 5.75 Å². The number of anilines is 2. The van der Waals surface area contributed by atoms with Crippen LogP contribution in [0.15, 0.2) is 61.3 Å². The molecule has 7 nitrogen and oxygen atoms in total. The fraction of sp³-hybridized carbons (Fsp3) is 0.0435. The van der Waals surface area contributed by atoms with Gasteiger partial charge in [-0.25, -0.2) is 17.9 Å². The van der Waals surface area contributed by atoms with Crippen molar-refractivity contribution in [1.82, 2.24) is 14.8 Å². The van der Waals surface area contributed by atoms with Gasteiger partial charge in [0.1, 0.15) is 18.2 Å². The molecule has 0 atom stereocenters. The van der Waals surface area contributed by atoms with E-state index in [2.05, 4.69) is 16.7 Å². The van der Waals surface area contributed by atoms with E-state index < -0.39 is 29.0 Å². The van der Waals surface area contributed by atoms with Crippen molar-refractivity contribution in [2.75, 3.05) is 18.1 Å². The van der Waals surface area contributed by atoms with E-state index >= 15 is 0 Å². The normalized spacial score (nSPS) is 11.4. The first kappa shape index (κ1) is 21.8. The number of hydrogen-bond acceptors (Lipinski definition) is 5.